The van der Waals surface area contributed by atoms with Gasteiger partial charge >= 0.3 is 0 Å². The van der Waals surface area contributed by atoms with Crippen molar-refractivity contribution in [3.8, 4) is 5.75 Å². The summed E-state index contributed by atoms with van der Waals surface area (Å²) in [4.78, 5) is 19.5. The van der Waals surface area contributed by atoms with E-state index in [-0.39, 0.29) is 18.2 Å². The summed E-state index contributed by atoms with van der Waals surface area (Å²) in [5.41, 5.74) is 0.615. The normalized spacial score (nSPS) is 11.2. The standard InChI is InChI=1S/C17H21ClN4O2S/c1-3-19-17(22(2)11-14-8-9-15(18)25-14)20-10-16(24)21-12-4-6-13(23)7-5-12/h4-9,23H,3,10-11H2,1-2H3,(H,19,20)(H,21,24). The maximum atomic E-state index is 12.0. The highest BCUT2D eigenvalue weighted by Crippen LogP contribution is 2.22. The van der Waals surface area contributed by atoms with E-state index in [9.17, 15) is 9.90 Å². The number of hydrogen-bond donors (Lipinski definition) is 3. The molecule has 0 fully saturated rings. The van der Waals surface area contributed by atoms with Gasteiger partial charge in [-0.3, -0.25) is 4.79 Å². The van der Waals surface area contributed by atoms with E-state index in [4.69, 9.17) is 11.6 Å². The zero-order valence-corrected chi connectivity index (χ0v) is 15.7. The highest BCUT2D eigenvalue weighted by atomic mass is 35.5. The lowest BCUT2D eigenvalue weighted by molar-refractivity contribution is -0.114. The van der Waals surface area contributed by atoms with Gasteiger partial charge in [0.05, 0.1) is 10.9 Å². The average molecular weight is 381 g/mol. The van der Waals surface area contributed by atoms with Crippen LogP contribution in [0.1, 0.15) is 11.8 Å². The van der Waals surface area contributed by atoms with Crippen LogP contribution in [-0.4, -0.2) is 42.0 Å². The molecule has 0 aliphatic heterocycles. The van der Waals surface area contributed by atoms with Gasteiger partial charge in [-0.05, 0) is 43.3 Å². The maximum Gasteiger partial charge on any atom is 0.246 e. The molecule has 2 rings (SSSR count). The minimum atomic E-state index is -0.228. The van der Waals surface area contributed by atoms with E-state index in [0.717, 1.165) is 9.21 Å². The fourth-order valence-corrected chi connectivity index (χ4v) is 3.25. The van der Waals surface area contributed by atoms with Gasteiger partial charge in [0.15, 0.2) is 5.96 Å². The molecular weight excluding hydrogens is 360 g/mol. The highest BCUT2D eigenvalue weighted by Gasteiger charge is 2.09. The summed E-state index contributed by atoms with van der Waals surface area (Å²) >= 11 is 7.48. The Labute approximate surface area is 156 Å². The van der Waals surface area contributed by atoms with Crippen molar-refractivity contribution in [2.75, 3.05) is 25.5 Å². The Bertz CT molecular complexity index is 731. The first-order valence-electron chi connectivity index (χ1n) is 7.80. The lowest BCUT2D eigenvalue weighted by atomic mass is 10.3. The second kappa shape index (κ2) is 9.29. The van der Waals surface area contributed by atoms with Crippen molar-refractivity contribution in [2.24, 2.45) is 4.99 Å². The molecule has 0 atom stereocenters. The number of phenolic OH excluding ortho intramolecular Hbond substituents is 1. The van der Waals surface area contributed by atoms with E-state index in [1.807, 2.05) is 31.0 Å². The zero-order chi connectivity index (χ0) is 18.2. The molecule has 0 spiro atoms. The number of halogens is 1. The lowest BCUT2D eigenvalue weighted by Crippen LogP contribution is -2.39. The van der Waals surface area contributed by atoms with Gasteiger partial charge in [0.1, 0.15) is 12.3 Å². The number of nitrogens with zero attached hydrogens (tertiary/aromatic N) is 2. The molecule has 2 aromatic rings. The van der Waals surface area contributed by atoms with Crippen molar-refractivity contribution in [1.29, 1.82) is 0 Å². The van der Waals surface area contributed by atoms with Gasteiger partial charge in [-0.25, -0.2) is 4.99 Å². The number of guanidine groups is 1. The third kappa shape index (κ3) is 6.28. The van der Waals surface area contributed by atoms with Gasteiger partial charge in [0.2, 0.25) is 5.91 Å². The molecule has 134 valence electrons. The molecule has 0 saturated heterocycles. The summed E-state index contributed by atoms with van der Waals surface area (Å²) < 4.78 is 0.749. The first-order chi connectivity index (χ1) is 12.0. The summed E-state index contributed by atoms with van der Waals surface area (Å²) in [6.07, 6.45) is 0. The lowest BCUT2D eigenvalue weighted by Gasteiger charge is -2.21. The molecule has 1 amide bonds. The Morgan fingerprint density at radius 1 is 1.28 bits per heavy atom. The molecule has 1 aromatic heterocycles. The van der Waals surface area contributed by atoms with Crippen LogP contribution in [0, 0.1) is 0 Å². The van der Waals surface area contributed by atoms with Crippen LogP contribution in [0.4, 0.5) is 5.69 Å². The van der Waals surface area contributed by atoms with Crippen molar-refractivity contribution in [3.63, 3.8) is 0 Å². The van der Waals surface area contributed by atoms with Crippen molar-refractivity contribution in [1.82, 2.24) is 10.2 Å². The van der Waals surface area contributed by atoms with Crippen molar-refractivity contribution >= 4 is 40.5 Å². The van der Waals surface area contributed by atoms with Gasteiger partial charge in [0.25, 0.3) is 0 Å². The van der Waals surface area contributed by atoms with Crippen LogP contribution in [-0.2, 0) is 11.3 Å². The SMILES string of the molecule is CCNC(=NCC(=O)Nc1ccc(O)cc1)N(C)Cc1ccc(Cl)s1. The molecule has 8 heteroatoms. The number of anilines is 1. The molecule has 0 saturated carbocycles. The number of nitrogens with one attached hydrogen (secondary N) is 2. The molecule has 1 aromatic carbocycles. The Balaban J connectivity index is 1.95. The minimum absolute atomic E-state index is 0.00124. The predicted octanol–water partition coefficient (Wildman–Crippen LogP) is 3.14. The predicted molar refractivity (Wildman–Crippen MR) is 104 cm³/mol. The number of phenols is 1. The van der Waals surface area contributed by atoms with Crippen molar-refractivity contribution < 1.29 is 9.90 Å². The van der Waals surface area contributed by atoms with Crippen LogP contribution in [0.5, 0.6) is 5.75 Å². The zero-order valence-electron chi connectivity index (χ0n) is 14.1. The van der Waals surface area contributed by atoms with Crippen LogP contribution in [0.25, 0.3) is 0 Å². The number of carbonyl (C=O) groups excluding carboxylic acids is 1. The van der Waals surface area contributed by atoms with Gasteiger partial charge < -0.3 is 20.6 Å². The van der Waals surface area contributed by atoms with E-state index in [1.165, 1.54) is 23.5 Å². The summed E-state index contributed by atoms with van der Waals surface area (Å²) in [6.45, 7) is 3.33. The Morgan fingerprint density at radius 3 is 2.60 bits per heavy atom. The molecule has 0 unspecified atom stereocenters. The average Bonchev–Trinajstić information content (AvgIpc) is 2.98. The first-order valence-corrected chi connectivity index (χ1v) is 9.00. The number of amides is 1. The van der Waals surface area contributed by atoms with Gasteiger partial charge in [-0.2, -0.15) is 0 Å². The van der Waals surface area contributed by atoms with Crippen LogP contribution in [0.3, 0.4) is 0 Å². The van der Waals surface area contributed by atoms with Gasteiger partial charge in [-0.1, -0.05) is 11.6 Å². The van der Waals surface area contributed by atoms with E-state index in [0.29, 0.717) is 24.7 Å². The van der Waals surface area contributed by atoms with Crippen LogP contribution in [0.15, 0.2) is 41.4 Å². The quantitative estimate of drug-likeness (QED) is 0.409. The number of rotatable bonds is 6. The minimum Gasteiger partial charge on any atom is -0.508 e. The second-order valence-electron chi connectivity index (χ2n) is 5.33. The van der Waals surface area contributed by atoms with E-state index < -0.39 is 0 Å². The van der Waals surface area contributed by atoms with E-state index >= 15 is 0 Å². The molecule has 0 bridgehead atoms. The number of aliphatic imine (C=N–C) groups is 1. The maximum absolute atomic E-state index is 12.0. The third-order valence-electron chi connectivity index (χ3n) is 3.24. The van der Waals surface area contributed by atoms with Crippen molar-refractivity contribution in [2.45, 2.75) is 13.5 Å². The summed E-state index contributed by atoms with van der Waals surface area (Å²) in [7, 11) is 1.91. The third-order valence-corrected chi connectivity index (χ3v) is 4.46. The summed E-state index contributed by atoms with van der Waals surface area (Å²) in [5.74, 6) is 0.572. The summed E-state index contributed by atoms with van der Waals surface area (Å²) in [6, 6.07) is 10.1. The Kier molecular flexibility index (Phi) is 7.09. The molecule has 6 nitrogen and oxygen atoms in total. The molecule has 0 radical (unpaired) electrons. The molecular formula is C17H21ClN4O2S. The van der Waals surface area contributed by atoms with Crippen LogP contribution < -0.4 is 10.6 Å². The number of carbonyl (C=O) groups is 1. The fraction of sp³-hybridized carbons (Fsp3) is 0.294. The van der Waals surface area contributed by atoms with E-state index in [2.05, 4.69) is 15.6 Å². The summed E-state index contributed by atoms with van der Waals surface area (Å²) in [5, 5.41) is 15.2. The largest absolute Gasteiger partial charge is 0.508 e. The van der Waals surface area contributed by atoms with Crippen LogP contribution >= 0.6 is 22.9 Å². The second-order valence-corrected chi connectivity index (χ2v) is 7.13. The molecule has 25 heavy (non-hydrogen) atoms. The number of hydrogen-bond acceptors (Lipinski definition) is 4. The molecule has 1 heterocycles. The monoisotopic (exact) mass is 380 g/mol. The number of benzene rings is 1. The highest BCUT2D eigenvalue weighted by molar-refractivity contribution is 7.16. The molecule has 0 aliphatic rings. The van der Waals surface area contributed by atoms with E-state index in [1.54, 1.807) is 12.1 Å². The topological polar surface area (TPSA) is 77.0 Å². The molecule has 0 aliphatic carbocycles. The smallest absolute Gasteiger partial charge is 0.246 e. The fourth-order valence-electron chi connectivity index (χ4n) is 2.11. The number of thiophene rings is 1. The Morgan fingerprint density at radius 2 is 2.00 bits per heavy atom. The first kappa shape index (κ1) is 19.1. The Hall–Kier alpha value is -2.25. The number of aromatic hydroxyl groups is 1. The van der Waals surface area contributed by atoms with Gasteiger partial charge in [0, 0.05) is 24.2 Å². The van der Waals surface area contributed by atoms with Gasteiger partial charge in [-0.15, -0.1) is 11.3 Å². The van der Waals surface area contributed by atoms with Crippen molar-refractivity contribution in [3.05, 3.63) is 45.6 Å². The molecule has 3 N–H and O–H groups in total. The van der Waals surface area contributed by atoms with Crippen LogP contribution in [0.2, 0.25) is 4.34 Å².